The molecule has 0 N–H and O–H groups in total. The molecule has 1 aliphatic rings. The molecule has 0 aromatic carbocycles. The predicted molar refractivity (Wildman–Crippen MR) is 58.4 cm³/mol. The maximum absolute atomic E-state index is 10.8. The fourth-order valence-corrected chi connectivity index (χ4v) is 2.34. The highest BCUT2D eigenvalue weighted by Gasteiger charge is 2.37. The molecule has 0 amide bonds. The lowest BCUT2D eigenvalue weighted by Crippen LogP contribution is -2.35. The third-order valence-corrected chi connectivity index (χ3v) is 3.40. The second-order valence-corrected chi connectivity index (χ2v) is 5.23. The molecule has 0 spiro atoms. The van der Waals surface area contributed by atoms with Crippen LogP contribution < -0.4 is 0 Å². The van der Waals surface area contributed by atoms with Crippen molar-refractivity contribution in [2.45, 2.75) is 57.5 Å². The molecule has 1 saturated carbocycles. The van der Waals surface area contributed by atoms with Crippen LogP contribution >= 0.6 is 0 Å². The third kappa shape index (κ3) is 3.15. The van der Waals surface area contributed by atoms with Crippen molar-refractivity contribution in [3.8, 4) is 0 Å². The molecule has 92 valence electrons. The van der Waals surface area contributed by atoms with E-state index in [4.69, 9.17) is 0 Å². The van der Waals surface area contributed by atoms with Gasteiger partial charge in [0.2, 0.25) is 11.6 Å². The standard InChI is InChI=1S/C10H18N2O4/c1-10(2,12(15)16)7-8-3-5-9(6-4-8)11(13)14/h8-9H,3-7H2,1-2H3. The van der Waals surface area contributed by atoms with E-state index in [1.54, 1.807) is 13.8 Å². The van der Waals surface area contributed by atoms with Crippen LogP contribution in [0.5, 0.6) is 0 Å². The lowest BCUT2D eigenvalue weighted by molar-refractivity contribution is -0.563. The van der Waals surface area contributed by atoms with Gasteiger partial charge in [-0.1, -0.05) is 0 Å². The molecule has 0 saturated heterocycles. The molecule has 0 aromatic rings. The smallest absolute Gasteiger partial charge is 0.217 e. The van der Waals surface area contributed by atoms with Gasteiger partial charge in [-0.2, -0.15) is 0 Å². The van der Waals surface area contributed by atoms with E-state index in [0.29, 0.717) is 19.3 Å². The third-order valence-electron chi connectivity index (χ3n) is 3.40. The van der Waals surface area contributed by atoms with Gasteiger partial charge in [0.25, 0.3) is 0 Å². The monoisotopic (exact) mass is 230 g/mol. The Morgan fingerprint density at radius 2 is 1.62 bits per heavy atom. The second kappa shape index (κ2) is 4.76. The van der Waals surface area contributed by atoms with Crippen molar-refractivity contribution in [1.82, 2.24) is 0 Å². The quantitative estimate of drug-likeness (QED) is 0.547. The fraction of sp³-hybridized carbons (Fsp3) is 1.00. The summed E-state index contributed by atoms with van der Waals surface area (Å²) in [6, 6.07) is -0.435. The van der Waals surface area contributed by atoms with E-state index < -0.39 is 11.6 Å². The van der Waals surface area contributed by atoms with Crippen molar-refractivity contribution in [2.75, 3.05) is 0 Å². The van der Waals surface area contributed by atoms with Crippen LogP contribution in [0, 0.1) is 26.1 Å². The van der Waals surface area contributed by atoms with Crippen LogP contribution in [0.1, 0.15) is 46.0 Å². The summed E-state index contributed by atoms with van der Waals surface area (Å²) in [6.45, 7) is 3.24. The largest absolute Gasteiger partial charge is 0.264 e. The van der Waals surface area contributed by atoms with Gasteiger partial charge in [0.1, 0.15) is 0 Å². The van der Waals surface area contributed by atoms with E-state index in [2.05, 4.69) is 0 Å². The average molecular weight is 230 g/mol. The van der Waals surface area contributed by atoms with E-state index in [1.165, 1.54) is 0 Å². The van der Waals surface area contributed by atoms with Gasteiger partial charge in [0.05, 0.1) is 0 Å². The fourth-order valence-electron chi connectivity index (χ4n) is 2.34. The summed E-state index contributed by atoms with van der Waals surface area (Å²) >= 11 is 0. The first kappa shape index (κ1) is 12.9. The molecule has 1 fully saturated rings. The molecule has 0 heterocycles. The van der Waals surface area contributed by atoms with Gasteiger partial charge in [-0.05, 0) is 18.8 Å². The van der Waals surface area contributed by atoms with Crippen molar-refractivity contribution in [3.63, 3.8) is 0 Å². The Morgan fingerprint density at radius 1 is 1.12 bits per heavy atom. The summed E-state index contributed by atoms with van der Waals surface area (Å²) in [5, 5.41) is 21.3. The first-order valence-corrected chi connectivity index (χ1v) is 5.61. The van der Waals surface area contributed by atoms with Crippen molar-refractivity contribution >= 4 is 0 Å². The van der Waals surface area contributed by atoms with Crippen molar-refractivity contribution < 1.29 is 9.85 Å². The number of nitrogens with zero attached hydrogens (tertiary/aromatic N) is 2. The molecule has 0 unspecified atom stereocenters. The molecule has 1 aliphatic carbocycles. The summed E-state index contributed by atoms with van der Waals surface area (Å²) in [6.07, 6.45) is 3.12. The normalized spacial score (nSPS) is 26.4. The summed E-state index contributed by atoms with van der Waals surface area (Å²) in [5.41, 5.74) is -0.911. The van der Waals surface area contributed by atoms with Crippen molar-refractivity contribution in [3.05, 3.63) is 20.2 Å². The minimum atomic E-state index is -0.911. The van der Waals surface area contributed by atoms with Crippen LogP contribution in [0.4, 0.5) is 0 Å². The summed E-state index contributed by atoms with van der Waals surface area (Å²) in [4.78, 5) is 20.8. The molecule has 0 radical (unpaired) electrons. The summed E-state index contributed by atoms with van der Waals surface area (Å²) < 4.78 is 0. The van der Waals surface area contributed by atoms with Gasteiger partial charge in [-0.25, -0.2) is 0 Å². The summed E-state index contributed by atoms with van der Waals surface area (Å²) in [7, 11) is 0. The van der Waals surface area contributed by atoms with Gasteiger partial charge in [0, 0.05) is 43.0 Å². The predicted octanol–water partition coefficient (Wildman–Crippen LogP) is 2.27. The van der Waals surface area contributed by atoms with Crippen molar-refractivity contribution in [2.24, 2.45) is 5.92 Å². The second-order valence-electron chi connectivity index (χ2n) is 5.23. The lowest BCUT2D eigenvalue weighted by atomic mass is 9.79. The van der Waals surface area contributed by atoms with E-state index in [-0.39, 0.29) is 15.8 Å². The zero-order valence-electron chi connectivity index (χ0n) is 9.72. The first-order chi connectivity index (χ1) is 7.33. The number of rotatable bonds is 4. The van der Waals surface area contributed by atoms with Crippen molar-refractivity contribution in [1.29, 1.82) is 0 Å². The van der Waals surface area contributed by atoms with Gasteiger partial charge in [-0.3, -0.25) is 20.2 Å². The topological polar surface area (TPSA) is 86.3 Å². The molecule has 1 rings (SSSR count). The summed E-state index contributed by atoms with van der Waals surface area (Å²) in [5.74, 6) is 0.261. The SMILES string of the molecule is CC(C)(CC1CCC([N+](=O)[O-])CC1)[N+](=O)[O-]. The minimum Gasteiger partial charge on any atom is -0.264 e. The zero-order chi connectivity index (χ0) is 12.3. The number of hydrogen-bond acceptors (Lipinski definition) is 4. The Bertz CT molecular complexity index is 283. The van der Waals surface area contributed by atoms with E-state index in [0.717, 1.165) is 12.8 Å². The molecular formula is C10H18N2O4. The van der Waals surface area contributed by atoms with E-state index in [1.807, 2.05) is 0 Å². The number of nitro groups is 2. The van der Waals surface area contributed by atoms with Crippen LogP contribution in [-0.4, -0.2) is 21.4 Å². The molecule has 0 aliphatic heterocycles. The highest BCUT2D eigenvalue weighted by atomic mass is 16.6. The molecule has 0 aromatic heterocycles. The molecule has 6 nitrogen and oxygen atoms in total. The maximum atomic E-state index is 10.8. The highest BCUT2D eigenvalue weighted by molar-refractivity contribution is 4.78. The molecule has 0 bridgehead atoms. The van der Waals surface area contributed by atoms with Gasteiger partial charge < -0.3 is 0 Å². The average Bonchev–Trinajstić information content (AvgIpc) is 2.17. The van der Waals surface area contributed by atoms with Crippen LogP contribution in [0.15, 0.2) is 0 Å². The van der Waals surface area contributed by atoms with E-state index in [9.17, 15) is 20.2 Å². The Hall–Kier alpha value is -1.20. The molecule has 16 heavy (non-hydrogen) atoms. The number of hydrogen-bond donors (Lipinski definition) is 0. The maximum Gasteiger partial charge on any atom is 0.217 e. The Morgan fingerprint density at radius 3 is 2.00 bits per heavy atom. The molecule has 6 heteroatoms. The lowest BCUT2D eigenvalue weighted by Gasteiger charge is -2.27. The minimum absolute atomic E-state index is 0.227. The van der Waals surface area contributed by atoms with E-state index >= 15 is 0 Å². The zero-order valence-corrected chi connectivity index (χ0v) is 9.72. The first-order valence-electron chi connectivity index (χ1n) is 5.61. The highest BCUT2D eigenvalue weighted by Crippen LogP contribution is 2.32. The molecule has 0 atom stereocenters. The van der Waals surface area contributed by atoms with Gasteiger partial charge >= 0.3 is 0 Å². The van der Waals surface area contributed by atoms with Gasteiger partial charge in [0.15, 0.2) is 0 Å². The Kier molecular flexibility index (Phi) is 3.83. The van der Waals surface area contributed by atoms with Crippen LogP contribution in [0.25, 0.3) is 0 Å². The van der Waals surface area contributed by atoms with Crippen LogP contribution in [0.2, 0.25) is 0 Å². The Balaban J connectivity index is 2.43. The molecular weight excluding hydrogens is 212 g/mol. The van der Waals surface area contributed by atoms with Gasteiger partial charge in [-0.15, -0.1) is 0 Å². The van der Waals surface area contributed by atoms with Crippen LogP contribution in [0.3, 0.4) is 0 Å². The van der Waals surface area contributed by atoms with Crippen LogP contribution in [-0.2, 0) is 0 Å². The Labute approximate surface area is 94.3 Å².